The van der Waals surface area contributed by atoms with Crippen molar-refractivity contribution in [1.82, 2.24) is 15.2 Å². The first-order valence-electron chi connectivity index (χ1n) is 7.73. The van der Waals surface area contributed by atoms with E-state index in [2.05, 4.69) is 15.2 Å². The van der Waals surface area contributed by atoms with Gasteiger partial charge in [-0.1, -0.05) is 18.2 Å². The van der Waals surface area contributed by atoms with Gasteiger partial charge >= 0.3 is 0 Å². The lowest BCUT2D eigenvalue weighted by Gasteiger charge is -2.22. The van der Waals surface area contributed by atoms with Crippen molar-refractivity contribution in [2.75, 3.05) is 13.6 Å². The summed E-state index contributed by atoms with van der Waals surface area (Å²) in [5.74, 6) is 0.898. The predicted molar refractivity (Wildman–Crippen MR) is 90.6 cm³/mol. The van der Waals surface area contributed by atoms with E-state index in [1.807, 2.05) is 42.8 Å². The topological polar surface area (TPSA) is 54.5 Å². The van der Waals surface area contributed by atoms with Crippen LogP contribution in [0, 0.1) is 6.92 Å². The summed E-state index contributed by atoms with van der Waals surface area (Å²) in [5.41, 5.74) is 2.89. The van der Waals surface area contributed by atoms with E-state index < -0.39 is 0 Å². The number of aromatic nitrogens is 1. The molecule has 0 unspecified atom stereocenters. The minimum Gasteiger partial charge on any atom is -0.489 e. The van der Waals surface area contributed by atoms with Crippen molar-refractivity contribution in [1.29, 1.82) is 0 Å². The van der Waals surface area contributed by atoms with Gasteiger partial charge < -0.3 is 10.1 Å². The third kappa shape index (κ3) is 3.71. The van der Waals surface area contributed by atoms with Crippen molar-refractivity contribution in [2.24, 2.45) is 0 Å². The second kappa shape index (κ2) is 7.10. The molecule has 3 rings (SSSR count). The summed E-state index contributed by atoms with van der Waals surface area (Å²) >= 11 is 1.64. The Kier molecular flexibility index (Phi) is 4.93. The molecular formula is C17H21N3O2S. The fourth-order valence-corrected chi connectivity index (χ4v) is 3.72. The molecule has 0 aliphatic carbocycles. The number of carbonyl (C=O) groups is 1. The molecule has 1 N–H and O–H groups in total. The van der Waals surface area contributed by atoms with Crippen LogP contribution in [0.25, 0.3) is 0 Å². The van der Waals surface area contributed by atoms with Crippen molar-refractivity contribution in [3.05, 3.63) is 46.4 Å². The van der Waals surface area contributed by atoms with E-state index in [1.54, 1.807) is 18.4 Å². The number of hydrogen-bond donors (Lipinski definition) is 1. The van der Waals surface area contributed by atoms with E-state index in [0.29, 0.717) is 6.42 Å². The minimum absolute atomic E-state index is 0.0212. The van der Waals surface area contributed by atoms with E-state index in [0.717, 1.165) is 24.5 Å². The first-order chi connectivity index (χ1) is 11.2. The SMILES string of the molecule is CNC(=O)[C@H]1C[C@H](Oc2ccccc2)CN1Cc1scnc1C. The number of para-hydroxylation sites is 1. The molecule has 23 heavy (non-hydrogen) atoms. The molecule has 1 amide bonds. The molecule has 0 saturated carbocycles. The third-order valence-electron chi connectivity index (χ3n) is 4.15. The standard InChI is InChI=1S/C17H21N3O2S/c1-12-16(23-11-19-12)10-20-9-14(8-15(20)17(21)18-2)22-13-6-4-3-5-7-13/h3-7,11,14-15H,8-10H2,1-2H3,(H,18,21)/t14-,15+/m0/s1. The van der Waals surface area contributed by atoms with Crippen LogP contribution in [0.2, 0.25) is 0 Å². The van der Waals surface area contributed by atoms with Gasteiger partial charge in [-0.15, -0.1) is 11.3 Å². The molecule has 0 radical (unpaired) electrons. The lowest BCUT2D eigenvalue weighted by atomic mass is 10.2. The van der Waals surface area contributed by atoms with Crippen molar-refractivity contribution < 1.29 is 9.53 Å². The Bertz CT molecular complexity index is 659. The third-order valence-corrected chi connectivity index (χ3v) is 5.07. The molecule has 5 nitrogen and oxygen atoms in total. The highest BCUT2D eigenvalue weighted by atomic mass is 32.1. The van der Waals surface area contributed by atoms with Gasteiger partial charge in [0, 0.05) is 31.4 Å². The fourth-order valence-electron chi connectivity index (χ4n) is 2.91. The van der Waals surface area contributed by atoms with E-state index >= 15 is 0 Å². The van der Waals surface area contributed by atoms with Crippen LogP contribution in [0.15, 0.2) is 35.8 Å². The summed E-state index contributed by atoms with van der Waals surface area (Å²) in [6.07, 6.45) is 0.722. The predicted octanol–water partition coefficient (Wildman–Crippen LogP) is 2.22. The van der Waals surface area contributed by atoms with Crippen molar-refractivity contribution in [2.45, 2.75) is 32.0 Å². The van der Waals surface area contributed by atoms with Crippen LogP contribution >= 0.6 is 11.3 Å². The van der Waals surface area contributed by atoms with E-state index in [-0.39, 0.29) is 18.1 Å². The Balaban J connectivity index is 1.71. The molecule has 6 heteroatoms. The maximum absolute atomic E-state index is 12.2. The first kappa shape index (κ1) is 16.0. The quantitative estimate of drug-likeness (QED) is 0.913. The Hall–Kier alpha value is -1.92. The fraction of sp³-hybridized carbons (Fsp3) is 0.412. The van der Waals surface area contributed by atoms with Gasteiger partial charge in [-0.05, 0) is 19.1 Å². The molecule has 1 aromatic heterocycles. The zero-order valence-electron chi connectivity index (χ0n) is 13.4. The summed E-state index contributed by atoms with van der Waals surface area (Å²) in [6.45, 7) is 3.49. The summed E-state index contributed by atoms with van der Waals surface area (Å²) < 4.78 is 6.05. The number of thiazole rings is 1. The van der Waals surface area contributed by atoms with E-state index in [4.69, 9.17) is 4.74 Å². The molecule has 1 aromatic carbocycles. The zero-order chi connectivity index (χ0) is 16.2. The number of carbonyl (C=O) groups excluding carboxylic acids is 1. The van der Waals surface area contributed by atoms with Crippen LogP contribution in [0.5, 0.6) is 5.75 Å². The molecule has 2 heterocycles. The van der Waals surface area contributed by atoms with Gasteiger partial charge in [0.05, 0.1) is 17.2 Å². The van der Waals surface area contributed by atoms with E-state index in [1.165, 1.54) is 4.88 Å². The molecule has 1 saturated heterocycles. The van der Waals surface area contributed by atoms with Gasteiger partial charge in [0.15, 0.2) is 0 Å². The number of aryl methyl sites for hydroxylation is 1. The van der Waals surface area contributed by atoms with Gasteiger partial charge in [0.2, 0.25) is 5.91 Å². The second-order valence-corrected chi connectivity index (χ2v) is 6.65. The van der Waals surface area contributed by atoms with Gasteiger partial charge in [-0.25, -0.2) is 4.98 Å². The maximum Gasteiger partial charge on any atom is 0.237 e. The Morgan fingerprint density at radius 2 is 2.22 bits per heavy atom. The molecule has 2 aromatic rings. The lowest BCUT2D eigenvalue weighted by molar-refractivity contribution is -0.125. The number of ether oxygens (including phenoxy) is 1. The number of likely N-dealkylation sites (N-methyl/N-ethyl adjacent to an activating group) is 1. The molecule has 1 aliphatic heterocycles. The van der Waals surface area contributed by atoms with E-state index in [9.17, 15) is 4.79 Å². The summed E-state index contributed by atoms with van der Waals surface area (Å²) in [4.78, 5) is 19.9. The highest BCUT2D eigenvalue weighted by molar-refractivity contribution is 7.09. The number of benzene rings is 1. The highest BCUT2D eigenvalue weighted by Crippen LogP contribution is 2.26. The van der Waals surface area contributed by atoms with Crippen LogP contribution < -0.4 is 10.1 Å². The smallest absolute Gasteiger partial charge is 0.237 e. The van der Waals surface area contributed by atoms with Gasteiger partial charge in [0.25, 0.3) is 0 Å². The maximum atomic E-state index is 12.2. The highest BCUT2D eigenvalue weighted by Gasteiger charge is 2.37. The molecule has 2 atom stereocenters. The van der Waals surface area contributed by atoms with Gasteiger partial charge in [-0.3, -0.25) is 9.69 Å². The largest absolute Gasteiger partial charge is 0.489 e. The number of nitrogens with one attached hydrogen (secondary N) is 1. The number of hydrogen-bond acceptors (Lipinski definition) is 5. The van der Waals surface area contributed by atoms with Crippen molar-refractivity contribution >= 4 is 17.2 Å². The summed E-state index contributed by atoms with van der Waals surface area (Å²) in [7, 11) is 1.68. The van der Waals surface area contributed by atoms with Crippen molar-refractivity contribution in [3.63, 3.8) is 0 Å². The number of likely N-dealkylation sites (tertiary alicyclic amines) is 1. The van der Waals surface area contributed by atoms with Gasteiger partial charge in [-0.2, -0.15) is 0 Å². The Morgan fingerprint density at radius 1 is 1.43 bits per heavy atom. The van der Waals surface area contributed by atoms with Crippen LogP contribution in [0.1, 0.15) is 17.0 Å². The van der Waals surface area contributed by atoms with Crippen LogP contribution in [-0.2, 0) is 11.3 Å². The molecule has 1 fully saturated rings. The normalized spacial score (nSPS) is 21.3. The zero-order valence-corrected chi connectivity index (χ0v) is 14.2. The average Bonchev–Trinajstić information content (AvgIpc) is 3.15. The number of nitrogens with zero attached hydrogens (tertiary/aromatic N) is 2. The monoisotopic (exact) mass is 331 g/mol. The molecule has 1 aliphatic rings. The number of amides is 1. The van der Waals surface area contributed by atoms with Gasteiger partial charge in [0.1, 0.15) is 11.9 Å². The van der Waals surface area contributed by atoms with Crippen molar-refractivity contribution in [3.8, 4) is 5.75 Å². The molecule has 122 valence electrons. The molecular weight excluding hydrogens is 310 g/mol. The Labute approximate surface area is 140 Å². The summed E-state index contributed by atoms with van der Waals surface area (Å²) in [6, 6.07) is 9.62. The number of rotatable bonds is 5. The van der Waals surface area contributed by atoms with Crippen LogP contribution in [0.3, 0.4) is 0 Å². The summed E-state index contributed by atoms with van der Waals surface area (Å²) in [5, 5.41) is 2.77. The lowest BCUT2D eigenvalue weighted by Crippen LogP contribution is -2.41. The molecule has 0 spiro atoms. The first-order valence-corrected chi connectivity index (χ1v) is 8.61. The van der Waals surface area contributed by atoms with Crippen LogP contribution in [0.4, 0.5) is 0 Å². The van der Waals surface area contributed by atoms with Crippen LogP contribution in [-0.4, -0.2) is 41.5 Å². The second-order valence-electron chi connectivity index (χ2n) is 5.71. The average molecular weight is 331 g/mol. The minimum atomic E-state index is -0.157. The Morgan fingerprint density at radius 3 is 2.87 bits per heavy atom. The molecule has 0 bridgehead atoms.